The second kappa shape index (κ2) is 4.66. The van der Waals surface area contributed by atoms with Crippen molar-refractivity contribution in [3.8, 4) is 0 Å². The zero-order valence-electron chi connectivity index (χ0n) is 11.1. The van der Waals surface area contributed by atoms with E-state index in [2.05, 4.69) is 18.7 Å². The van der Waals surface area contributed by atoms with E-state index in [0.717, 1.165) is 6.54 Å². The maximum Gasteiger partial charge on any atom is 0.00501 e. The van der Waals surface area contributed by atoms with Crippen LogP contribution in [0.3, 0.4) is 0 Å². The van der Waals surface area contributed by atoms with Gasteiger partial charge in [-0.15, -0.1) is 0 Å². The summed E-state index contributed by atoms with van der Waals surface area (Å²) in [5.74, 6) is 0. The topological polar surface area (TPSA) is 29.3 Å². The highest BCUT2D eigenvalue weighted by atomic mass is 15.1. The van der Waals surface area contributed by atoms with E-state index < -0.39 is 0 Å². The molecular formula is C14H28N2. The van der Waals surface area contributed by atoms with Gasteiger partial charge in [-0.1, -0.05) is 20.3 Å². The molecule has 1 saturated carbocycles. The number of likely N-dealkylation sites (tertiary alicyclic amines) is 1. The van der Waals surface area contributed by atoms with Gasteiger partial charge in [0.15, 0.2) is 0 Å². The first kappa shape index (κ1) is 12.4. The molecule has 0 aromatic carbocycles. The van der Waals surface area contributed by atoms with Crippen molar-refractivity contribution >= 4 is 0 Å². The van der Waals surface area contributed by atoms with Crippen molar-refractivity contribution in [2.75, 3.05) is 26.2 Å². The molecule has 1 heterocycles. The Kier molecular flexibility index (Phi) is 3.60. The minimum atomic E-state index is 0.495. The van der Waals surface area contributed by atoms with Gasteiger partial charge in [-0.3, -0.25) is 0 Å². The summed E-state index contributed by atoms with van der Waals surface area (Å²) < 4.78 is 0. The standard InChI is InChI=1S/C14H28N2/c1-13(2)5-4-9-16(10-8-13)12-14(11-15)6-3-7-14/h3-12,15H2,1-2H3. The van der Waals surface area contributed by atoms with Crippen LogP contribution in [0.1, 0.15) is 52.4 Å². The van der Waals surface area contributed by atoms with Crippen LogP contribution in [0.25, 0.3) is 0 Å². The van der Waals surface area contributed by atoms with Crippen LogP contribution in [-0.4, -0.2) is 31.1 Å². The Morgan fingerprint density at radius 3 is 2.31 bits per heavy atom. The first-order valence-electron chi connectivity index (χ1n) is 6.98. The van der Waals surface area contributed by atoms with Crippen LogP contribution in [0.15, 0.2) is 0 Å². The Balaban J connectivity index is 1.86. The zero-order valence-corrected chi connectivity index (χ0v) is 11.1. The van der Waals surface area contributed by atoms with Crippen molar-refractivity contribution in [1.29, 1.82) is 0 Å². The monoisotopic (exact) mass is 224 g/mol. The predicted octanol–water partition coefficient (Wildman–Crippen LogP) is 2.63. The second-order valence-electron chi connectivity index (χ2n) is 6.85. The molecule has 2 heteroatoms. The molecule has 2 N–H and O–H groups in total. The summed E-state index contributed by atoms with van der Waals surface area (Å²) in [4.78, 5) is 2.68. The van der Waals surface area contributed by atoms with Crippen LogP contribution < -0.4 is 5.73 Å². The van der Waals surface area contributed by atoms with Crippen LogP contribution in [-0.2, 0) is 0 Å². The summed E-state index contributed by atoms with van der Waals surface area (Å²) in [7, 11) is 0. The third-order valence-corrected chi connectivity index (χ3v) is 4.84. The van der Waals surface area contributed by atoms with E-state index in [1.165, 1.54) is 58.2 Å². The Morgan fingerprint density at radius 1 is 1.00 bits per heavy atom. The van der Waals surface area contributed by atoms with E-state index >= 15 is 0 Å². The summed E-state index contributed by atoms with van der Waals surface area (Å²) in [6.07, 6.45) is 8.24. The summed E-state index contributed by atoms with van der Waals surface area (Å²) in [6.45, 7) is 9.57. The maximum atomic E-state index is 5.95. The Hall–Kier alpha value is -0.0800. The molecule has 0 atom stereocenters. The van der Waals surface area contributed by atoms with Crippen molar-refractivity contribution in [3.05, 3.63) is 0 Å². The van der Waals surface area contributed by atoms with Crippen LogP contribution >= 0.6 is 0 Å². The fourth-order valence-electron chi connectivity index (χ4n) is 3.21. The minimum Gasteiger partial charge on any atom is -0.330 e. The van der Waals surface area contributed by atoms with Crippen molar-refractivity contribution in [2.45, 2.75) is 52.4 Å². The van der Waals surface area contributed by atoms with Gasteiger partial charge in [0.2, 0.25) is 0 Å². The number of nitrogens with two attached hydrogens (primary N) is 1. The fourth-order valence-corrected chi connectivity index (χ4v) is 3.21. The van der Waals surface area contributed by atoms with Gasteiger partial charge in [0, 0.05) is 6.54 Å². The van der Waals surface area contributed by atoms with Crippen LogP contribution in [0.5, 0.6) is 0 Å². The van der Waals surface area contributed by atoms with E-state index in [1.807, 2.05) is 0 Å². The molecule has 2 fully saturated rings. The molecule has 94 valence electrons. The lowest BCUT2D eigenvalue weighted by Crippen LogP contribution is -2.47. The lowest BCUT2D eigenvalue weighted by molar-refractivity contribution is 0.0750. The van der Waals surface area contributed by atoms with E-state index in [4.69, 9.17) is 5.73 Å². The molecule has 2 nitrogen and oxygen atoms in total. The minimum absolute atomic E-state index is 0.495. The van der Waals surface area contributed by atoms with Crippen LogP contribution in [0, 0.1) is 10.8 Å². The maximum absolute atomic E-state index is 5.95. The van der Waals surface area contributed by atoms with E-state index in [0.29, 0.717) is 10.8 Å². The molecule has 2 aliphatic rings. The van der Waals surface area contributed by atoms with E-state index in [9.17, 15) is 0 Å². The smallest absolute Gasteiger partial charge is 0.00501 e. The average molecular weight is 224 g/mol. The fraction of sp³-hybridized carbons (Fsp3) is 1.00. The first-order valence-corrected chi connectivity index (χ1v) is 6.98. The molecule has 0 aromatic rings. The zero-order chi connectivity index (χ0) is 11.6. The summed E-state index contributed by atoms with van der Waals surface area (Å²) >= 11 is 0. The number of hydrogen-bond donors (Lipinski definition) is 1. The summed E-state index contributed by atoms with van der Waals surface area (Å²) in [5, 5.41) is 0. The molecule has 0 amide bonds. The highest BCUT2D eigenvalue weighted by molar-refractivity contribution is 4.92. The van der Waals surface area contributed by atoms with Gasteiger partial charge < -0.3 is 10.6 Å². The summed E-state index contributed by atoms with van der Waals surface area (Å²) in [6, 6.07) is 0. The van der Waals surface area contributed by atoms with Gasteiger partial charge in [-0.05, 0) is 62.6 Å². The molecule has 0 unspecified atom stereocenters. The van der Waals surface area contributed by atoms with Crippen molar-refractivity contribution < 1.29 is 0 Å². The largest absolute Gasteiger partial charge is 0.330 e. The molecule has 0 radical (unpaired) electrons. The molecule has 1 saturated heterocycles. The molecule has 1 aliphatic carbocycles. The highest BCUT2D eigenvalue weighted by Crippen LogP contribution is 2.41. The average Bonchev–Trinajstić information content (AvgIpc) is 2.34. The van der Waals surface area contributed by atoms with Crippen molar-refractivity contribution in [2.24, 2.45) is 16.6 Å². The Labute approximate surface area is 101 Å². The quantitative estimate of drug-likeness (QED) is 0.798. The Morgan fingerprint density at radius 2 is 1.75 bits per heavy atom. The lowest BCUT2D eigenvalue weighted by atomic mass is 9.68. The van der Waals surface area contributed by atoms with Crippen molar-refractivity contribution in [3.63, 3.8) is 0 Å². The number of rotatable bonds is 3. The highest BCUT2D eigenvalue weighted by Gasteiger charge is 2.37. The van der Waals surface area contributed by atoms with Crippen molar-refractivity contribution in [1.82, 2.24) is 4.90 Å². The number of nitrogens with zero attached hydrogens (tertiary/aromatic N) is 1. The second-order valence-corrected chi connectivity index (χ2v) is 6.85. The van der Waals surface area contributed by atoms with Gasteiger partial charge in [0.25, 0.3) is 0 Å². The molecule has 16 heavy (non-hydrogen) atoms. The lowest BCUT2D eigenvalue weighted by Gasteiger charge is -2.44. The van der Waals surface area contributed by atoms with Gasteiger partial charge in [-0.25, -0.2) is 0 Å². The third kappa shape index (κ3) is 2.78. The molecular weight excluding hydrogens is 196 g/mol. The van der Waals surface area contributed by atoms with E-state index in [-0.39, 0.29) is 0 Å². The Bertz CT molecular complexity index is 225. The van der Waals surface area contributed by atoms with E-state index in [1.54, 1.807) is 0 Å². The molecule has 0 bridgehead atoms. The SMILES string of the molecule is CC1(C)CCCN(CC2(CN)CCC2)CC1. The van der Waals surface area contributed by atoms with Gasteiger partial charge in [0.1, 0.15) is 0 Å². The third-order valence-electron chi connectivity index (χ3n) is 4.84. The molecule has 0 aromatic heterocycles. The predicted molar refractivity (Wildman–Crippen MR) is 69.4 cm³/mol. The van der Waals surface area contributed by atoms with Crippen LogP contribution in [0.4, 0.5) is 0 Å². The molecule has 0 spiro atoms. The van der Waals surface area contributed by atoms with Gasteiger partial charge in [-0.2, -0.15) is 0 Å². The van der Waals surface area contributed by atoms with Gasteiger partial charge in [0.05, 0.1) is 0 Å². The summed E-state index contributed by atoms with van der Waals surface area (Å²) in [5.41, 5.74) is 7.01. The molecule has 2 rings (SSSR count). The van der Waals surface area contributed by atoms with Gasteiger partial charge >= 0.3 is 0 Å². The first-order chi connectivity index (χ1) is 7.55. The number of hydrogen-bond acceptors (Lipinski definition) is 2. The van der Waals surface area contributed by atoms with Crippen LogP contribution in [0.2, 0.25) is 0 Å². The normalized spacial score (nSPS) is 29.4. The molecule has 1 aliphatic heterocycles.